The van der Waals surface area contributed by atoms with E-state index in [2.05, 4.69) is 21.2 Å². The number of anilines is 1. The lowest BCUT2D eigenvalue weighted by Gasteiger charge is -2.17. The van der Waals surface area contributed by atoms with Crippen LogP contribution < -0.4 is 5.32 Å². The van der Waals surface area contributed by atoms with Crippen LogP contribution in [-0.2, 0) is 4.79 Å². The van der Waals surface area contributed by atoms with Gasteiger partial charge in [0.1, 0.15) is 0 Å². The fourth-order valence-electron chi connectivity index (χ4n) is 1.74. The minimum Gasteiger partial charge on any atom is -0.375 e. The molecule has 0 aliphatic heterocycles. The summed E-state index contributed by atoms with van der Waals surface area (Å²) in [5, 5.41) is 3.82. The van der Waals surface area contributed by atoms with Crippen molar-refractivity contribution in [2.24, 2.45) is 0 Å². The molecule has 1 fully saturated rings. The lowest BCUT2D eigenvalue weighted by Crippen LogP contribution is -2.33. The molecule has 2 rings (SSSR count). The average Bonchev–Trinajstić information content (AvgIpc) is 3.14. The average molecular weight is 332 g/mol. The topological polar surface area (TPSA) is 32.3 Å². The maximum atomic E-state index is 11.9. The third-order valence-corrected chi connectivity index (χ3v) is 4.23. The minimum absolute atomic E-state index is 0.112. The van der Waals surface area contributed by atoms with Crippen molar-refractivity contribution in [3.8, 4) is 0 Å². The molecule has 98 valence electrons. The zero-order valence-corrected chi connectivity index (χ0v) is 12.8. The lowest BCUT2D eigenvalue weighted by atomic mass is 10.2. The van der Waals surface area contributed by atoms with Gasteiger partial charge in [-0.2, -0.15) is 0 Å². The molecule has 3 nitrogen and oxygen atoms in total. The van der Waals surface area contributed by atoms with Gasteiger partial charge in [-0.3, -0.25) is 4.79 Å². The lowest BCUT2D eigenvalue weighted by molar-refractivity contribution is -0.128. The predicted octanol–water partition coefficient (Wildman–Crippen LogP) is 3.44. The van der Waals surface area contributed by atoms with Crippen molar-refractivity contribution in [2.45, 2.75) is 25.8 Å². The second kappa shape index (κ2) is 5.49. The molecule has 1 amide bonds. The highest BCUT2D eigenvalue weighted by molar-refractivity contribution is 9.10. The van der Waals surface area contributed by atoms with Crippen LogP contribution in [0.4, 0.5) is 5.69 Å². The Morgan fingerprint density at radius 3 is 2.83 bits per heavy atom. The fraction of sp³-hybridized carbons (Fsp3) is 0.462. The summed E-state index contributed by atoms with van der Waals surface area (Å²) in [4.78, 5) is 13.7. The molecule has 0 heterocycles. The van der Waals surface area contributed by atoms with Crippen molar-refractivity contribution in [2.75, 3.05) is 18.9 Å². The third-order valence-electron chi connectivity index (χ3n) is 3.17. The molecule has 5 heteroatoms. The van der Waals surface area contributed by atoms with E-state index in [1.54, 1.807) is 0 Å². The number of rotatable bonds is 4. The zero-order valence-electron chi connectivity index (χ0n) is 10.5. The van der Waals surface area contributed by atoms with Crippen molar-refractivity contribution >= 4 is 39.1 Å². The van der Waals surface area contributed by atoms with Gasteiger partial charge in [0, 0.05) is 22.6 Å². The van der Waals surface area contributed by atoms with Crippen LogP contribution in [0.25, 0.3) is 0 Å². The molecule has 0 spiro atoms. The number of hydrogen-bond donors (Lipinski definition) is 1. The summed E-state index contributed by atoms with van der Waals surface area (Å²) in [6, 6.07) is 4.23. The van der Waals surface area contributed by atoms with E-state index in [9.17, 15) is 4.79 Å². The van der Waals surface area contributed by atoms with Gasteiger partial charge in [-0.15, -0.1) is 0 Å². The summed E-state index contributed by atoms with van der Waals surface area (Å²) < 4.78 is 0.922. The summed E-state index contributed by atoms with van der Waals surface area (Å²) in [5.41, 5.74) is 1.86. The number of carbonyl (C=O) groups excluding carboxylic acids is 1. The monoisotopic (exact) mass is 330 g/mol. The van der Waals surface area contributed by atoms with Crippen LogP contribution in [0.1, 0.15) is 18.4 Å². The van der Waals surface area contributed by atoms with Crippen molar-refractivity contribution in [1.29, 1.82) is 0 Å². The smallest absolute Gasteiger partial charge is 0.241 e. The van der Waals surface area contributed by atoms with Gasteiger partial charge in [-0.25, -0.2) is 0 Å². The molecule has 0 unspecified atom stereocenters. The van der Waals surface area contributed by atoms with E-state index in [1.165, 1.54) is 0 Å². The molecule has 0 aromatic heterocycles. The SMILES string of the molecule is Cc1cc(Br)c(NCC(=O)N(C)C2CC2)cc1Cl. The standard InChI is InChI=1S/C13H16BrClN2O/c1-8-5-10(14)12(6-11(8)15)16-7-13(18)17(2)9-3-4-9/h5-6,9,16H,3-4,7H2,1-2H3. The summed E-state index contributed by atoms with van der Waals surface area (Å²) in [6.45, 7) is 2.24. The molecule has 0 atom stereocenters. The Balaban J connectivity index is 1.97. The normalized spacial score (nSPS) is 14.4. The molecule has 1 aliphatic rings. The number of nitrogens with one attached hydrogen (secondary N) is 1. The van der Waals surface area contributed by atoms with E-state index in [0.29, 0.717) is 17.6 Å². The Bertz CT molecular complexity index is 474. The second-order valence-corrected chi connectivity index (χ2v) is 5.93. The number of hydrogen-bond acceptors (Lipinski definition) is 2. The Morgan fingerprint density at radius 1 is 1.56 bits per heavy atom. The molecule has 1 aliphatic carbocycles. The first-order chi connectivity index (χ1) is 8.49. The Morgan fingerprint density at radius 2 is 2.22 bits per heavy atom. The van der Waals surface area contributed by atoms with Gasteiger partial charge >= 0.3 is 0 Å². The fourth-order valence-corrected chi connectivity index (χ4v) is 2.50. The van der Waals surface area contributed by atoms with E-state index in [1.807, 2.05) is 31.0 Å². The summed E-state index contributed by atoms with van der Waals surface area (Å²) in [7, 11) is 1.86. The first-order valence-electron chi connectivity index (χ1n) is 5.94. The van der Waals surface area contributed by atoms with Crippen LogP contribution >= 0.6 is 27.5 Å². The van der Waals surface area contributed by atoms with Crippen molar-refractivity contribution in [3.63, 3.8) is 0 Å². The van der Waals surface area contributed by atoms with Gasteiger partial charge in [-0.05, 0) is 53.4 Å². The van der Waals surface area contributed by atoms with Crippen molar-refractivity contribution in [1.82, 2.24) is 4.90 Å². The van der Waals surface area contributed by atoms with Crippen LogP contribution in [0.15, 0.2) is 16.6 Å². The third kappa shape index (κ3) is 3.18. The molecule has 1 N–H and O–H groups in total. The first-order valence-corrected chi connectivity index (χ1v) is 7.11. The summed E-state index contributed by atoms with van der Waals surface area (Å²) >= 11 is 9.53. The van der Waals surface area contributed by atoms with E-state index in [4.69, 9.17) is 11.6 Å². The Kier molecular flexibility index (Phi) is 4.17. The van der Waals surface area contributed by atoms with Gasteiger partial charge in [0.25, 0.3) is 0 Å². The largest absolute Gasteiger partial charge is 0.375 e. The predicted molar refractivity (Wildman–Crippen MR) is 78.2 cm³/mol. The molecule has 18 heavy (non-hydrogen) atoms. The quantitative estimate of drug-likeness (QED) is 0.916. The number of aryl methyl sites for hydroxylation is 1. The summed E-state index contributed by atoms with van der Waals surface area (Å²) in [5.74, 6) is 0.112. The molecule has 1 aromatic rings. The highest BCUT2D eigenvalue weighted by atomic mass is 79.9. The zero-order chi connectivity index (χ0) is 13.3. The van der Waals surface area contributed by atoms with Gasteiger partial charge in [-0.1, -0.05) is 11.6 Å². The van der Waals surface area contributed by atoms with Crippen molar-refractivity contribution in [3.05, 3.63) is 27.2 Å². The number of likely N-dealkylation sites (N-methyl/N-ethyl adjacent to an activating group) is 1. The minimum atomic E-state index is 0.112. The second-order valence-electron chi connectivity index (χ2n) is 4.67. The molecule has 0 saturated heterocycles. The number of carbonyl (C=O) groups is 1. The highest BCUT2D eigenvalue weighted by Crippen LogP contribution is 2.29. The summed E-state index contributed by atoms with van der Waals surface area (Å²) in [6.07, 6.45) is 2.25. The number of nitrogens with zero attached hydrogens (tertiary/aromatic N) is 1. The van der Waals surface area contributed by atoms with Crippen LogP contribution in [0.5, 0.6) is 0 Å². The van der Waals surface area contributed by atoms with Gasteiger partial charge in [0.15, 0.2) is 0 Å². The molecule has 1 aromatic carbocycles. The van der Waals surface area contributed by atoms with E-state index < -0.39 is 0 Å². The first kappa shape index (κ1) is 13.7. The molecule has 1 saturated carbocycles. The van der Waals surface area contributed by atoms with Crippen LogP contribution in [0.3, 0.4) is 0 Å². The molecule has 0 bridgehead atoms. The number of halogens is 2. The van der Waals surface area contributed by atoms with Crippen molar-refractivity contribution < 1.29 is 4.79 Å². The number of benzene rings is 1. The molecule has 0 radical (unpaired) electrons. The van der Waals surface area contributed by atoms with E-state index >= 15 is 0 Å². The maximum absolute atomic E-state index is 11.9. The van der Waals surface area contributed by atoms with E-state index in [-0.39, 0.29) is 5.91 Å². The molecular weight excluding hydrogens is 316 g/mol. The Hall–Kier alpha value is -0.740. The van der Waals surface area contributed by atoms with Crippen LogP contribution in [0, 0.1) is 6.92 Å². The maximum Gasteiger partial charge on any atom is 0.241 e. The van der Waals surface area contributed by atoms with Gasteiger partial charge in [0.05, 0.1) is 12.2 Å². The molecular formula is C13H16BrClN2O. The highest BCUT2D eigenvalue weighted by Gasteiger charge is 2.29. The van der Waals surface area contributed by atoms with Gasteiger partial charge in [0.2, 0.25) is 5.91 Å². The Labute approximate surface area is 121 Å². The van der Waals surface area contributed by atoms with Crippen LogP contribution in [0.2, 0.25) is 5.02 Å². The van der Waals surface area contributed by atoms with Gasteiger partial charge < -0.3 is 10.2 Å². The van der Waals surface area contributed by atoms with E-state index in [0.717, 1.165) is 28.6 Å². The number of amides is 1. The van der Waals surface area contributed by atoms with Crippen LogP contribution in [-0.4, -0.2) is 30.4 Å².